The highest BCUT2D eigenvalue weighted by Gasteiger charge is 2.46. The van der Waals surface area contributed by atoms with Crippen molar-refractivity contribution in [1.82, 2.24) is 20.0 Å². The van der Waals surface area contributed by atoms with Crippen LogP contribution in [-0.2, 0) is 4.79 Å². The molecule has 5 nitrogen and oxygen atoms in total. The van der Waals surface area contributed by atoms with Crippen LogP contribution in [0.4, 0.5) is 0 Å². The second kappa shape index (κ2) is 7.93. The predicted octanol–water partition coefficient (Wildman–Crippen LogP) is 1.49. The molecule has 2 heterocycles. The number of hydrogen-bond donors (Lipinski definition) is 1. The van der Waals surface area contributed by atoms with E-state index in [2.05, 4.69) is 54.9 Å². The fourth-order valence-electron chi connectivity index (χ4n) is 5.34. The molecule has 0 spiro atoms. The highest BCUT2D eigenvalue weighted by molar-refractivity contribution is 5.78. The Morgan fingerprint density at radius 3 is 2.60 bits per heavy atom. The van der Waals surface area contributed by atoms with Gasteiger partial charge in [0, 0.05) is 56.8 Å². The summed E-state index contributed by atoms with van der Waals surface area (Å²) < 4.78 is 0. The maximum absolute atomic E-state index is 12.7. The molecule has 1 saturated carbocycles. The lowest BCUT2D eigenvalue weighted by Crippen LogP contribution is -2.51. The number of carbonyl (C=O) groups excluding carboxylic acids is 1. The molecule has 2 aliphatic heterocycles. The van der Waals surface area contributed by atoms with E-state index in [1.807, 2.05) is 0 Å². The van der Waals surface area contributed by atoms with E-state index in [4.69, 9.17) is 0 Å². The molecule has 144 valence electrons. The van der Waals surface area contributed by atoms with E-state index < -0.39 is 0 Å². The monoisotopic (exact) mass is 350 g/mol. The minimum atomic E-state index is 0.230. The topological polar surface area (TPSA) is 38.8 Å². The average molecular weight is 351 g/mol. The number of nitrogens with one attached hydrogen (secondary N) is 1. The number of piperazine rings is 1. The summed E-state index contributed by atoms with van der Waals surface area (Å²) in [6.45, 7) is 12.1. The van der Waals surface area contributed by atoms with Crippen LogP contribution in [0.5, 0.6) is 0 Å². The minimum absolute atomic E-state index is 0.230. The van der Waals surface area contributed by atoms with Gasteiger partial charge < -0.3 is 15.1 Å². The van der Waals surface area contributed by atoms with Crippen LogP contribution in [0.1, 0.15) is 40.0 Å². The van der Waals surface area contributed by atoms with Crippen molar-refractivity contribution < 1.29 is 4.79 Å². The van der Waals surface area contributed by atoms with Gasteiger partial charge in [0.1, 0.15) is 0 Å². The molecule has 0 aromatic rings. The summed E-state index contributed by atoms with van der Waals surface area (Å²) in [4.78, 5) is 20.1. The first-order valence-electron chi connectivity index (χ1n) is 10.3. The average Bonchev–Trinajstić information content (AvgIpc) is 2.82. The molecule has 25 heavy (non-hydrogen) atoms. The largest absolute Gasteiger partial charge is 0.355 e. The number of rotatable bonds is 4. The Morgan fingerprint density at radius 2 is 1.88 bits per heavy atom. The van der Waals surface area contributed by atoms with Crippen LogP contribution in [0.3, 0.4) is 0 Å². The summed E-state index contributed by atoms with van der Waals surface area (Å²) in [6.07, 6.45) is 3.32. The molecule has 0 bridgehead atoms. The number of likely N-dealkylation sites (N-methyl/N-ethyl adjacent to an activating group) is 1. The van der Waals surface area contributed by atoms with Crippen LogP contribution < -0.4 is 5.32 Å². The van der Waals surface area contributed by atoms with Gasteiger partial charge in [-0.1, -0.05) is 6.92 Å². The fourth-order valence-corrected chi connectivity index (χ4v) is 5.34. The molecule has 6 unspecified atom stereocenters. The molecule has 3 fully saturated rings. The Bertz CT molecular complexity index is 471. The lowest BCUT2D eigenvalue weighted by molar-refractivity contribution is -0.126. The second-order valence-electron chi connectivity index (χ2n) is 8.93. The van der Waals surface area contributed by atoms with Crippen molar-refractivity contribution in [2.45, 2.75) is 58.2 Å². The van der Waals surface area contributed by atoms with Crippen LogP contribution in [0, 0.1) is 17.8 Å². The summed E-state index contributed by atoms with van der Waals surface area (Å²) in [5.41, 5.74) is 0. The van der Waals surface area contributed by atoms with Gasteiger partial charge in [-0.3, -0.25) is 9.69 Å². The highest BCUT2D eigenvalue weighted by atomic mass is 16.1. The molecule has 0 aromatic heterocycles. The van der Waals surface area contributed by atoms with E-state index in [0.29, 0.717) is 35.9 Å². The normalized spacial score (nSPS) is 40.8. The molecule has 1 aliphatic carbocycles. The zero-order chi connectivity index (χ0) is 18.1. The quantitative estimate of drug-likeness (QED) is 0.834. The Morgan fingerprint density at radius 1 is 1.12 bits per heavy atom. The van der Waals surface area contributed by atoms with Gasteiger partial charge in [0.2, 0.25) is 5.91 Å². The van der Waals surface area contributed by atoms with Crippen LogP contribution >= 0.6 is 0 Å². The molecule has 5 heteroatoms. The molecule has 2 saturated heterocycles. The lowest BCUT2D eigenvalue weighted by Gasteiger charge is -2.38. The number of likely N-dealkylation sites (tertiary alicyclic amines) is 1. The predicted molar refractivity (Wildman–Crippen MR) is 103 cm³/mol. The van der Waals surface area contributed by atoms with E-state index >= 15 is 0 Å². The van der Waals surface area contributed by atoms with Crippen molar-refractivity contribution in [3.05, 3.63) is 0 Å². The molecular weight excluding hydrogens is 312 g/mol. The van der Waals surface area contributed by atoms with Gasteiger partial charge in [-0.2, -0.15) is 0 Å². The Hall–Kier alpha value is -0.650. The third-order valence-corrected chi connectivity index (χ3v) is 7.61. The van der Waals surface area contributed by atoms with Gasteiger partial charge in [0.05, 0.1) is 0 Å². The first-order chi connectivity index (χ1) is 11.9. The van der Waals surface area contributed by atoms with Gasteiger partial charge in [-0.25, -0.2) is 0 Å². The zero-order valence-corrected chi connectivity index (χ0v) is 16.9. The van der Waals surface area contributed by atoms with E-state index in [-0.39, 0.29) is 5.92 Å². The smallest absolute Gasteiger partial charge is 0.223 e. The molecular formula is C20H38N4O. The SMILES string of the molecule is CC1C2CC(C(=O)NCCN3CCN(C)C(C)C3)CCC2N(C)C1C. The van der Waals surface area contributed by atoms with Crippen molar-refractivity contribution in [2.75, 3.05) is 46.8 Å². The van der Waals surface area contributed by atoms with Crippen molar-refractivity contribution in [2.24, 2.45) is 17.8 Å². The van der Waals surface area contributed by atoms with Gasteiger partial charge in [-0.15, -0.1) is 0 Å². The highest BCUT2D eigenvalue weighted by Crippen LogP contribution is 2.44. The number of hydrogen-bond acceptors (Lipinski definition) is 4. The third-order valence-electron chi connectivity index (χ3n) is 7.61. The van der Waals surface area contributed by atoms with Gasteiger partial charge >= 0.3 is 0 Å². The van der Waals surface area contributed by atoms with E-state index in [1.165, 1.54) is 6.42 Å². The summed E-state index contributed by atoms with van der Waals surface area (Å²) in [6, 6.07) is 1.96. The van der Waals surface area contributed by atoms with Crippen LogP contribution in [0.2, 0.25) is 0 Å². The number of fused-ring (bicyclic) bond motifs is 1. The van der Waals surface area contributed by atoms with Gasteiger partial charge in [0.15, 0.2) is 0 Å². The number of carbonyl (C=O) groups is 1. The molecule has 3 rings (SSSR count). The van der Waals surface area contributed by atoms with Crippen molar-refractivity contribution in [3.8, 4) is 0 Å². The Balaban J connectivity index is 1.42. The molecule has 3 aliphatic rings. The Kier molecular flexibility index (Phi) is 6.07. The van der Waals surface area contributed by atoms with Crippen molar-refractivity contribution in [1.29, 1.82) is 0 Å². The first-order valence-corrected chi connectivity index (χ1v) is 10.3. The minimum Gasteiger partial charge on any atom is -0.355 e. The van der Waals surface area contributed by atoms with Crippen molar-refractivity contribution in [3.63, 3.8) is 0 Å². The standard InChI is InChI=1S/C20H38N4O/c1-14-13-24(11-10-22(14)4)9-8-21-20(25)17-6-7-19-18(12-17)15(2)16(3)23(19)5/h14-19H,6-13H2,1-5H3,(H,21,25). The Labute approximate surface area is 154 Å². The second-order valence-corrected chi connectivity index (χ2v) is 8.93. The van der Waals surface area contributed by atoms with E-state index in [0.717, 1.165) is 45.6 Å². The fraction of sp³-hybridized carbons (Fsp3) is 0.950. The molecule has 0 aromatic carbocycles. The zero-order valence-electron chi connectivity index (χ0n) is 16.9. The summed E-state index contributed by atoms with van der Waals surface area (Å²) in [7, 11) is 4.46. The molecule has 6 atom stereocenters. The maximum atomic E-state index is 12.7. The van der Waals surface area contributed by atoms with E-state index in [1.54, 1.807) is 0 Å². The van der Waals surface area contributed by atoms with Crippen LogP contribution in [-0.4, -0.2) is 85.6 Å². The molecule has 1 N–H and O–H groups in total. The van der Waals surface area contributed by atoms with Gasteiger partial charge in [0.25, 0.3) is 0 Å². The first kappa shape index (κ1) is 19.1. The van der Waals surface area contributed by atoms with Gasteiger partial charge in [-0.05, 0) is 59.0 Å². The number of amides is 1. The van der Waals surface area contributed by atoms with Crippen LogP contribution in [0.25, 0.3) is 0 Å². The van der Waals surface area contributed by atoms with Crippen LogP contribution in [0.15, 0.2) is 0 Å². The van der Waals surface area contributed by atoms with Crippen molar-refractivity contribution >= 4 is 5.91 Å². The third kappa shape index (κ3) is 4.04. The van der Waals surface area contributed by atoms with E-state index in [9.17, 15) is 4.79 Å². The summed E-state index contributed by atoms with van der Waals surface area (Å²) in [5.74, 6) is 1.93. The molecule has 0 radical (unpaired) electrons. The molecule has 1 amide bonds. The summed E-state index contributed by atoms with van der Waals surface area (Å²) >= 11 is 0. The summed E-state index contributed by atoms with van der Waals surface area (Å²) in [5, 5.41) is 3.24. The lowest BCUT2D eigenvalue weighted by atomic mass is 9.74. The maximum Gasteiger partial charge on any atom is 0.223 e. The number of nitrogens with zero attached hydrogens (tertiary/aromatic N) is 3.